The second-order valence-electron chi connectivity index (χ2n) is 7.48. The molecule has 1 saturated heterocycles. The largest absolute Gasteiger partial charge is 0.381 e. The van der Waals surface area contributed by atoms with E-state index in [0.717, 1.165) is 16.5 Å². The molecule has 1 aromatic rings. The molecule has 1 aromatic carbocycles. The molecule has 2 rings (SSSR count). The zero-order valence-electron chi connectivity index (χ0n) is 16.2. The summed E-state index contributed by atoms with van der Waals surface area (Å²) in [6, 6.07) is 4.07. The van der Waals surface area contributed by atoms with Crippen molar-refractivity contribution in [1.29, 1.82) is 0 Å². The van der Waals surface area contributed by atoms with Gasteiger partial charge in [-0.25, -0.2) is 14.3 Å². The van der Waals surface area contributed by atoms with Crippen LogP contribution in [0.1, 0.15) is 22.8 Å². The number of carbonyl (C=O) groups is 2. The van der Waals surface area contributed by atoms with E-state index in [2.05, 4.69) is 37.8 Å². The predicted molar refractivity (Wildman–Crippen MR) is 99.7 cm³/mol. The van der Waals surface area contributed by atoms with Crippen molar-refractivity contribution >= 4 is 11.8 Å². The van der Waals surface area contributed by atoms with Gasteiger partial charge in [-0.05, 0) is 49.0 Å². The molecule has 0 aromatic heterocycles. The number of amides is 2. The van der Waals surface area contributed by atoms with Gasteiger partial charge in [-0.1, -0.05) is 5.92 Å². The Kier molecular flexibility index (Phi) is 6.60. The molecule has 0 spiro atoms. The van der Waals surface area contributed by atoms with E-state index in [1.807, 2.05) is 5.32 Å². The number of aliphatic hydroxyl groups is 1. The van der Waals surface area contributed by atoms with E-state index in [4.69, 9.17) is 5.21 Å². The highest BCUT2D eigenvalue weighted by Gasteiger charge is 2.46. The van der Waals surface area contributed by atoms with Gasteiger partial charge in [0.25, 0.3) is 18.2 Å². The van der Waals surface area contributed by atoms with E-state index < -0.39 is 29.9 Å². The Morgan fingerprint density at radius 1 is 1.24 bits per heavy atom. The first-order valence-electron chi connectivity index (χ1n) is 8.68. The zero-order chi connectivity index (χ0) is 21.8. The summed E-state index contributed by atoms with van der Waals surface area (Å²) in [7, 11) is 4.15. The third-order valence-electron chi connectivity index (χ3n) is 4.68. The highest BCUT2D eigenvalue weighted by Crippen LogP contribution is 2.22. The van der Waals surface area contributed by atoms with Gasteiger partial charge < -0.3 is 14.9 Å². The molecule has 1 aliphatic heterocycles. The fourth-order valence-corrected chi connectivity index (χ4v) is 2.43. The molecule has 3 atom stereocenters. The smallest absolute Gasteiger partial charge is 0.269 e. The number of alkyl halides is 2. The van der Waals surface area contributed by atoms with E-state index in [0.29, 0.717) is 18.5 Å². The van der Waals surface area contributed by atoms with E-state index in [1.165, 1.54) is 24.3 Å². The molecule has 1 heterocycles. The highest BCUT2D eigenvalue weighted by atomic mass is 19.3. The summed E-state index contributed by atoms with van der Waals surface area (Å²) >= 11 is 0. The van der Waals surface area contributed by atoms with E-state index in [9.17, 15) is 23.5 Å². The SMILES string of the molecule is CC(O)(C(F)F)C(NC(=O)c1ccc(C#CC#CC2C[N+]2(C)C)cc1)C(=O)NO. The molecule has 9 heteroatoms. The maximum atomic E-state index is 13.0. The minimum Gasteiger partial charge on any atom is -0.381 e. The predicted octanol–water partition coefficient (Wildman–Crippen LogP) is 0.120. The minimum atomic E-state index is -3.34. The molecule has 4 N–H and O–H groups in total. The summed E-state index contributed by atoms with van der Waals surface area (Å²) in [5.41, 5.74) is -1.09. The molecule has 1 fully saturated rings. The summed E-state index contributed by atoms with van der Waals surface area (Å²) in [6.07, 6.45) is -3.34. The van der Waals surface area contributed by atoms with Crippen LogP contribution in [0.25, 0.3) is 0 Å². The van der Waals surface area contributed by atoms with Crippen LogP contribution >= 0.6 is 0 Å². The summed E-state index contributed by atoms with van der Waals surface area (Å²) in [5, 5.41) is 20.5. The van der Waals surface area contributed by atoms with Crippen molar-refractivity contribution in [1.82, 2.24) is 10.8 Å². The lowest BCUT2D eigenvalue weighted by Crippen LogP contribution is -2.61. The van der Waals surface area contributed by atoms with Crippen LogP contribution in [0.2, 0.25) is 0 Å². The topological polar surface area (TPSA) is 98.7 Å². The average Bonchev–Trinajstić information content (AvgIpc) is 3.29. The van der Waals surface area contributed by atoms with Crippen LogP contribution in [0.5, 0.6) is 0 Å². The number of hydroxylamine groups is 1. The Hall–Kier alpha value is -2.98. The summed E-state index contributed by atoms with van der Waals surface area (Å²) in [5.74, 6) is 9.14. The molecule has 0 saturated carbocycles. The van der Waals surface area contributed by atoms with Gasteiger partial charge in [-0.2, -0.15) is 0 Å². The molecule has 2 amide bonds. The van der Waals surface area contributed by atoms with E-state index in [1.54, 1.807) is 0 Å². The number of benzene rings is 1. The van der Waals surface area contributed by atoms with Crippen molar-refractivity contribution in [3.8, 4) is 23.7 Å². The lowest BCUT2D eigenvalue weighted by atomic mass is 9.95. The lowest BCUT2D eigenvalue weighted by molar-refractivity contribution is -0.763. The quantitative estimate of drug-likeness (QED) is 0.184. The van der Waals surface area contributed by atoms with Crippen molar-refractivity contribution in [2.45, 2.75) is 31.0 Å². The molecular weight excluding hydrogens is 384 g/mol. The van der Waals surface area contributed by atoms with Crippen molar-refractivity contribution < 1.29 is 33.2 Å². The van der Waals surface area contributed by atoms with Crippen LogP contribution in [0.15, 0.2) is 24.3 Å². The Labute approximate surface area is 167 Å². The second kappa shape index (κ2) is 8.58. The number of halogens is 2. The van der Waals surface area contributed by atoms with Gasteiger partial charge in [0.15, 0.2) is 5.60 Å². The van der Waals surface area contributed by atoms with Gasteiger partial charge in [0, 0.05) is 11.1 Å². The number of carbonyl (C=O) groups excluding carboxylic acids is 2. The molecule has 0 radical (unpaired) electrons. The summed E-state index contributed by atoms with van der Waals surface area (Å²) in [6.45, 7) is 1.67. The zero-order valence-corrected chi connectivity index (χ0v) is 16.2. The summed E-state index contributed by atoms with van der Waals surface area (Å²) < 4.78 is 26.9. The Morgan fingerprint density at radius 2 is 1.83 bits per heavy atom. The first-order chi connectivity index (χ1) is 13.5. The van der Waals surface area contributed by atoms with Crippen molar-refractivity contribution in [3.63, 3.8) is 0 Å². The van der Waals surface area contributed by atoms with Gasteiger partial charge in [-0.3, -0.25) is 14.8 Å². The van der Waals surface area contributed by atoms with Gasteiger partial charge in [0.1, 0.15) is 12.6 Å². The van der Waals surface area contributed by atoms with Crippen LogP contribution in [0, 0.1) is 23.7 Å². The second-order valence-corrected chi connectivity index (χ2v) is 7.48. The van der Waals surface area contributed by atoms with Crippen LogP contribution in [0.3, 0.4) is 0 Å². The maximum Gasteiger partial charge on any atom is 0.269 e. The molecule has 29 heavy (non-hydrogen) atoms. The van der Waals surface area contributed by atoms with E-state index >= 15 is 0 Å². The first-order valence-corrected chi connectivity index (χ1v) is 8.68. The molecule has 154 valence electrons. The number of quaternary nitrogens is 1. The monoisotopic (exact) mass is 406 g/mol. The van der Waals surface area contributed by atoms with Gasteiger partial charge in [0.2, 0.25) is 6.04 Å². The maximum absolute atomic E-state index is 13.0. The fraction of sp³-hybridized carbons (Fsp3) is 0.400. The van der Waals surface area contributed by atoms with Crippen molar-refractivity contribution in [2.75, 3.05) is 20.6 Å². The third kappa shape index (κ3) is 5.52. The first kappa shape index (κ1) is 22.3. The number of nitrogens with one attached hydrogen (secondary N) is 2. The molecule has 1 aliphatic rings. The van der Waals surface area contributed by atoms with E-state index in [-0.39, 0.29) is 5.56 Å². The van der Waals surface area contributed by atoms with Gasteiger partial charge >= 0.3 is 0 Å². The Bertz CT molecular complexity index is 906. The molecule has 0 aliphatic carbocycles. The van der Waals surface area contributed by atoms with Crippen molar-refractivity contribution in [3.05, 3.63) is 35.4 Å². The third-order valence-corrected chi connectivity index (χ3v) is 4.68. The van der Waals surface area contributed by atoms with Gasteiger partial charge in [-0.15, -0.1) is 0 Å². The number of nitrogens with zero attached hydrogens (tertiary/aromatic N) is 1. The van der Waals surface area contributed by atoms with Crippen LogP contribution in [-0.4, -0.2) is 71.4 Å². The number of hydrogen-bond donors (Lipinski definition) is 4. The van der Waals surface area contributed by atoms with Crippen LogP contribution in [0.4, 0.5) is 8.78 Å². The molecular formula is C20H22F2N3O4+. The van der Waals surface area contributed by atoms with Crippen LogP contribution < -0.4 is 10.8 Å². The standard InChI is InChI=1S/C20H21F2N3O4/c1-20(28,19(21)22)16(18(27)24-29)23-17(26)14-10-8-13(9-11-14)6-4-5-7-15-12-25(15,2)3/h8-11,15-16,19,28H,12H2,1-3H3,(H2-,23,24,26,27,29)/p+1. The Balaban J connectivity index is 2.07. The van der Waals surface area contributed by atoms with Crippen molar-refractivity contribution in [2.24, 2.45) is 0 Å². The molecule has 7 nitrogen and oxygen atoms in total. The molecule has 0 bridgehead atoms. The highest BCUT2D eigenvalue weighted by molar-refractivity contribution is 5.97. The van der Waals surface area contributed by atoms with Crippen LogP contribution in [-0.2, 0) is 4.79 Å². The average molecular weight is 406 g/mol. The normalized spacial score (nSPS) is 19.5. The summed E-state index contributed by atoms with van der Waals surface area (Å²) in [4.78, 5) is 23.9. The number of rotatable bonds is 5. The number of hydrogen-bond acceptors (Lipinski definition) is 4. The lowest BCUT2D eigenvalue weighted by Gasteiger charge is -2.30. The number of likely N-dealkylation sites (N-methyl/N-ethyl adjacent to an activating group) is 1. The molecule has 3 unspecified atom stereocenters. The minimum absolute atomic E-state index is 0.0551. The van der Waals surface area contributed by atoms with Gasteiger partial charge in [0.05, 0.1) is 14.1 Å². The Morgan fingerprint density at radius 3 is 2.31 bits per heavy atom. The fourth-order valence-electron chi connectivity index (χ4n) is 2.43.